The first kappa shape index (κ1) is 21.7. The summed E-state index contributed by atoms with van der Waals surface area (Å²) in [6.45, 7) is 1.83. The highest BCUT2D eigenvalue weighted by molar-refractivity contribution is 7.92. The first-order valence-corrected chi connectivity index (χ1v) is 11.0. The maximum Gasteiger partial charge on any atom is 0.261 e. The smallest absolute Gasteiger partial charge is 0.261 e. The number of carbonyl (C=O) groups excluding carboxylic acids is 1. The second-order valence-corrected chi connectivity index (χ2v) is 8.64. The molecule has 0 aromatic heterocycles. The molecule has 8 heteroatoms. The van der Waals surface area contributed by atoms with Crippen LogP contribution in [0.25, 0.3) is 0 Å². The molecular formula is C22H21ClN2O4S. The van der Waals surface area contributed by atoms with Crippen molar-refractivity contribution in [3.63, 3.8) is 0 Å². The van der Waals surface area contributed by atoms with E-state index in [1.807, 2.05) is 31.2 Å². The molecule has 0 heterocycles. The molecule has 0 fully saturated rings. The quantitative estimate of drug-likeness (QED) is 0.556. The molecule has 0 bridgehead atoms. The van der Waals surface area contributed by atoms with Gasteiger partial charge in [-0.1, -0.05) is 48.0 Å². The Morgan fingerprint density at radius 3 is 2.37 bits per heavy atom. The number of ether oxygens (including phenoxy) is 1. The Morgan fingerprint density at radius 2 is 1.67 bits per heavy atom. The van der Waals surface area contributed by atoms with E-state index in [0.717, 1.165) is 5.56 Å². The molecule has 156 valence electrons. The lowest BCUT2D eigenvalue weighted by molar-refractivity contribution is 0.0939. The average molecular weight is 445 g/mol. The van der Waals surface area contributed by atoms with E-state index in [9.17, 15) is 13.2 Å². The molecule has 0 saturated heterocycles. The Bertz CT molecular complexity index is 1150. The van der Waals surface area contributed by atoms with E-state index in [1.165, 1.54) is 30.3 Å². The molecule has 0 aliphatic carbocycles. The fraction of sp³-hybridized carbons (Fsp3) is 0.136. The summed E-state index contributed by atoms with van der Waals surface area (Å²) < 4.78 is 32.9. The number of sulfonamides is 1. The fourth-order valence-electron chi connectivity index (χ4n) is 2.95. The molecule has 3 rings (SSSR count). The minimum absolute atomic E-state index is 0.121. The fourth-order valence-corrected chi connectivity index (χ4v) is 4.23. The largest absolute Gasteiger partial charge is 0.496 e. The molecule has 0 aliphatic rings. The van der Waals surface area contributed by atoms with Crippen molar-refractivity contribution in [2.75, 3.05) is 11.8 Å². The van der Waals surface area contributed by atoms with Crippen molar-refractivity contribution in [3.05, 3.63) is 88.9 Å². The van der Waals surface area contributed by atoms with Crippen LogP contribution in [0.3, 0.4) is 0 Å². The molecule has 30 heavy (non-hydrogen) atoms. The zero-order valence-electron chi connectivity index (χ0n) is 16.4. The minimum Gasteiger partial charge on any atom is -0.496 e. The van der Waals surface area contributed by atoms with Crippen LogP contribution in [0, 0.1) is 0 Å². The van der Waals surface area contributed by atoms with Gasteiger partial charge in [-0.05, 0) is 43.3 Å². The highest BCUT2D eigenvalue weighted by Gasteiger charge is 2.19. The molecule has 0 saturated carbocycles. The first-order valence-electron chi connectivity index (χ1n) is 9.13. The lowest BCUT2D eigenvalue weighted by Crippen LogP contribution is -2.27. The summed E-state index contributed by atoms with van der Waals surface area (Å²) >= 11 is 6.20. The van der Waals surface area contributed by atoms with Gasteiger partial charge in [0, 0.05) is 11.3 Å². The predicted octanol–water partition coefficient (Wildman–Crippen LogP) is 4.64. The molecule has 0 unspecified atom stereocenters. The second-order valence-electron chi connectivity index (χ2n) is 6.55. The number of amides is 1. The Kier molecular flexibility index (Phi) is 6.64. The van der Waals surface area contributed by atoms with Gasteiger partial charge in [-0.15, -0.1) is 0 Å². The lowest BCUT2D eigenvalue weighted by atomic mass is 10.1. The summed E-state index contributed by atoms with van der Waals surface area (Å²) in [6, 6.07) is 19.4. The molecule has 3 aromatic rings. The van der Waals surface area contributed by atoms with Crippen molar-refractivity contribution in [2.24, 2.45) is 0 Å². The van der Waals surface area contributed by atoms with Gasteiger partial charge >= 0.3 is 0 Å². The third-order valence-electron chi connectivity index (χ3n) is 4.47. The molecule has 0 radical (unpaired) electrons. The van der Waals surface area contributed by atoms with Crippen molar-refractivity contribution < 1.29 is 17.9 Å². The zero-order valence-corrected chi connectivity index (χ0v) is 18.0. The van der Waals surface area contributed by atoms with Gasteiger partial charge in [0.1, 0.15) is 5.75 Å². The maximum absolute atomic E-state index is 12.8. The van der Waals surface area contributed by atoms with E-state index in [1.54, 1.807) is 25.3 Å². The van der Waals surface area contributed by atoms with Gasteiger partial charge in [-0.3, -0.25) is 9.52 Å². The Labute approximate surface area is 180 Å². The van der Waals surface area contributed by atoms with E-state index < -0.39 is 15.9 Å². The van der Waals surface area contributed by atoms with E-state index in [-0.39, 0.29) is 27.2 Å². The second kappa shape index (κ2) is 9.19. The van der Waals surface area contributed by atoms with Crippen LogP contribution in [-0.2, 0) is 10.0 Å². The van der Waals surface area contributed by atoms with Crippen LogP contribution in [0.4, 0.5) is 5.69 Å². The molecule has 6 nitrogen and oxygen atoms in total. The first-order chi connectivity index (χ1) is 14.3. The van der Waals surface area contributed by atoms with Crippen molar-refractivity contribution in [3.8, 4) is 5.75 Å². The molecule has 1 atom stereocenters. The lowest BCUT2D eigenvalue weighted by Gasteiger charge is -2.18. The van der Waals surface area contributed by atoms with Gasteiger partial charge in [0.15, 0.2) is 0 Å². The third kappa shape index (κ3) is 4.93. The van der Waals surface area contributed by atoms with Gasteiger partial charge in [0.25, 0.3) is 15.9 Å². The number of methoxy groups -OCH3 is 1. The number of hydrogen-bond acceptors (Lipinski definition) is 4. The Hall–Kier alpha value is -3.03. The predicted molar refractivity (Wildman–Crippen MR) is 118 cm³/mol. The number of carbonyl (C=O) groups is 1. The standard InChI is InChI=1S/C22H21ClN2O4S/c1-15(18-10-6-7-11-21(18)29-2)24-22(26)19-14-16(12-13-20(19)23)25-30(27,28)17-8-4-3-5-9-17/h3-15,25H,1-2H3,(H,24,26)/t15-/m1/s1. The van der Waals surface area contributed by atoms with Crippen LogP contribution < -0.4 is 14.8 Å². The van der Waals surface area contributed by atoms with E-state index in [0.29, 0.717) is 5.75 Å². The van der Waals surface area contributed by atoms with Gasteiger partial charge in [-0.25, -0.2) is 8.42 Å². The van der Waals surface area contributed by atoms with Gasteiger partial charge in [0.05, 0.1) is 28.6 Å². The molecular weight excluding hydrogens is 424 g/mol. The number of rotatable bonds is 7. The number of halogens is 1. The molecule has 0 spiro atoms. The molecule has 3 aromatic carbocycles. The number of benzene rings is 3. The molecule has 2 N–H and O–H groups in total. The monoisotopic (exact) mass is 444 g/mol. The van der Waals surface area contributed by atoms with Crippen molar-refractivity contribution in [2.45, 2.75) is 17.9 Å². The van der Waals surface area contributed by atoms with E-state index in [2.05, 4.69) is 10.0 Å². The van der Waals surface area contributed by atoms with Crippen molar-refractivity contribution in [1.82, 2.24) is 5.32 Å². The number of hydrogen-bond donors (Lipinski definition) is 2. The summed E-state index contributed by atoms with van der Waals surface area (Å²) in [6.07, 6.45) is 0. The number of para-hydroxylation sites is 1. The Balaban J connectivity index is 1.82. The minimum atomic E-state index is -3.79. The third-order valence-corrected chi connectivity index (χ3v) is 6.20. The van der Waals surface area contributed by atoms with Gasteiger partial charge in [-0.2, -0.15) is 0 Å². The van der Waals surface area contributed by atoms with Crippen LogP contribution in [0.5, 0.6) is 5.75 Å². The van der Waals surface area contributed by atoms with Crippen LogP contribution in [0.15, 0.2) is 77.7 Å². The Morgan fingerprint density at radius 1 is 1.00 bits per heavy atom. The van der Waals surface area contributed by atoms with E-state index >= 15 is 0 Å². The average Bonchev–Trinajstić information content (AvgIpc) is 2.75. The summed E-state index contributed by atoms with van der Waals surface area (Å²) in [7, 11) is -2.22. The van der Waals surface area contributed by atoms with Crippen LogP contribution >= 0.6 is 11.6 Å². The topological polar surface area (TPSA) is 84.5 Å². The number of anilines is 1. The zero-order chi connectivity index (χ0) is 21.7. The van der Waals surface area contributed by atoms with E-state index in [4.69, 9.17) is 16.3 Å². The highest BCUT2D eigenvalue weighted by atomic mass is 35.5. The highest BCUT2D eigenvalue weighted by Crippen LogP contribution is 2.27. The summed E-state index contributed by atoms with van der Waals surface area (Å²) in [5.74, 6) is 0.222. The van der Waals surface area contributed by atoms with Crippen LogP contribution in [-0.4, -0.2) is 21.4 Å². The molecule has 0 aliphatic heterocycles. The molecule has 1 amide bonds. The van der Waals surface area contributed by atoms with Gasteiger partial charge in [0.2, 0.25) is 0 Å². The summed E-state index contributed by atoms with van der Waals surface area (Å²) in [5.41, 5.74) is 1.20. The summed E-state index contributed by atoms with van der Waals surface area (Å²) in [5, 5.41) is 3.08. The summed E-state index contributed by atoms with van der Waals surface area (Å²) in [4.78, 5) is 12.9. The SMILES string of the molecule is COc1ccccc1[C@@H](C)NC(=O)c1cc(NS(=O)(=O)c2ccccc2)ccc1Cl. The van der Waals surface area contributed by atoms with Gasteiger partial charge < -0.3 is 10.1 Å². The normalized spacial score (nSPS) is 12.1. The van der Waals surface area contributed by atoms with Crippen molar-refractivity contribution >= 4 is 33.2 Å². The maximum atomic E-state index is 12.8. The van der Waals surface area contributed by atoms with Crippen LogP contribution in [0.2, 0.25) is 5.02 Å². The van der Waals surface area contributed by atoms with Crippen LogP contribution in [0.1, 0.15) is 28.9 Å². The van der Waals surface area contributed by atoms with Crippen molar-refractivity contribution in [1.29, 1.82) is 0 Å². The number of nitrogens with one attached hydrogen (secondary N) is 2.